The smallest absolute Gasteiger partial charge is 0.132 e. The summed E-state index contributed by atoms with van der Waals surface area (Å²) in [5.41, 5.74) is 0.347. The van der Waals surface area contributed by atoms with E-state index in [4.69, 9.17) is 0 Å². The van der Waals surface area contributed by atoms with Gasteiger partial charge in [0.2, 0.25) is 0 Å². The molecule has 1 N–H and O–H groups in total. The van der Waals surface area contributed by atoms with Gasteiger partial charge >= 0.3 is 0 Å². The molecule has 0 atom stereocenters. The Hall–Kier alpha value is -1.84. The van der Waals surface area contributed by atoms with Gasteiger partial charge in [-0.2, -0.15) is 0 Å². The molecular weight excluding hydrogens is 173 g/mol. The van der Waals surface area contributed by atoms with E-state index >= 15 is 0 Å². The zero-order chi connectivity index (χ0) is 9.42. The number of fused-ring (bicyclic) bond motifs is 1. The number of H-pyrrole nitrogens is 1. The number of carbonyl (C=O) groups excluding carboxylic acids is 1. The number of aromatic carboxylic acids is 1. The van der Waals surface area contributed by atoms with Crippen molar-refractivity contribution >= 4 is 16.9 Å². The highest BCUT2D eigenvalue weighted by molar-refractivity contribution is 5.92. The van der Waals surface area contributed by atoms with Gasteiger partial charge in [0.05, 0.1) is 11.7 Å². The second kappa shape index (κ2) is 2.58. The molecule has 0 fully saturated rings. The van der Waals surface area contributed by atoms with Crippen LogP contribution >= 0.6 is 0 Å². The summed E-state index contributed by atoms with van der Waals surface area (Å²) in [5, 5.41) is 10.7. The van der Waals surface area contributed by atoms with E-state index in [1.165, 1.54) is 18.2 Å². The predicted molar refractivity (Wildman–Crippen MR) is 42.6 cm³/mol. The van der Waals surface area contributed by atoms with E-state index in [1.807, 2.05) is 0 Å². The van der Waals surface area contributed by atoms with Gasteiger partial charge in [-0.3, -0.25) is 0 Å². The fraction of sp³-hybridized carbons (Fsp3) is 0. The highest BCUT2D eigenvalue weighted by Crippen LogP contribution is 2.17. The van der Waals surface area contributed by atoms with Crippen LogP contribution in [0, 0.1) is 5.82 Å². The molecule has 2 aromatic rings. The SMILES string of the molecule is O=C([O-])c1cc2c(F)cccc2[nH]1. The highest BCUT2D eigenvalue weighted by Gasteiger charge is 2.04. The number of carboxylic acids is 1. The number of benzene rings is 1. The minimum absolute atomic E-state index is 0.111. The average Bonchev–Trinajstić information content (AvgIpc) is 2.49. The molecule has 0 spiro atoms. The molecule has 0 amide bonds. The average molecular weight is 178 g/mol. The van der Waals surface area contributed by atoms with Crippen LogP contribution < -0.4 is 5.11 Å². The van der Waals surface area contributed by atoms with Crippen LogP contribution in [-0.2, 0) is 0 Å². The summed E-state index contributed by atoms with van der Waals surface area (Å²) in [5.74, 6) is -1.78. The fourth-order valence-corrected chi connectivity index (χ4v) is 1.23. The van der Waals surface area contributed by atoms with Gasteiger partial charge in [0.15, 0.2) is 0 Å². The lowest BCUT2D eigenvalue weighted by molar-refractivity contribution is -0.255. The van der Waals surface area contributed by atoms with Crippen LogP contribution in [0.1, 0.15) is 10.5 Å². The van der Waals surface area contributed by atoms with Crippen LogP contribution in [0.5, 0.6) is 0 Å². The third kappa shape index (κ3) is 1.16. The van der Waals surface area contributed by atoms with Crippen molar-refractivity contribution in [3.8, 4) is 0 Å². The van der Waals surface area contributed by atoms with E-state index in [9.17, 15) is 14.3 Å². The number of halogens is 1. The lowest BCUT2D eigenvalue weighted by Gasteiger charge is -1.93. The fourth-order valence-electron chi connectivity index (χ4n) is 1.23. The monoisotopic (exact) mass is 178 g/mol. The normalized spacial score (nSPS) is 10.5. The second-order valence-corrected chi connectivity index (χ2v) is 2.67. The minimum Gasteiger partial charge on any atom is -0.543 e. The summed E-state index contributed by atoms with van der Waals surface area (Å²) < 4.78 is 13.0. The first kappa shape index (κ1) is 7.79. The Labute approximate surface area is 72.8 Å². The number of carbonyl (C=O) groups is 1. The van der Waals surface area contributed by atoms with E-state index in [0.717, 1.165) is 0 Å². The first-order valence-electron chi connectivity index (χ1n) is 3.67. The van der Waals surface area contributed by atoms with Crippen molar-refractivity contribution in [3.63, 3.8) is 0 Å². The lowest BCUT2D eigenvalue weighted by Crippen LogP contribution is -2.22. The molecule has 0 radical (unpaired) electrons. The predicted octanol–water partition coefficient (Wildman–Crippen LogP) is 0.670. The van der Waals surface area contributed by atoms with Crippen molar-refractivity contribution in [2.24, 2.45) is 0 Å². The Morgan fingerprint density at radius 3 is 2.85 bits per heavy atom. The molecule has 0 aliphatic rings. The van der Waals surface area contributed by atoms with E-state index in [0.29, 0.717) is 5.52 Å². The van der Waals surface area contributed by atoms with E-state index in [1.54, 1.807) is 6.07 Å². The number of hydrogen-bond acceptors (Lipinski definition) is 2. The molecule has 1 aromatic heterocycles. The van der Waals surface area contributed by atoms with Gasteiger partial charge in [-0.25, -0.2) is 4.39 Å². The van der Waals surface area contributed by atoms with Crippen molar-refractivity contribution in [3.05, 3.63) is 35.8 Å². The number of aromatic nitrogens is 1. The lowest BCUT2D eigenvalue weighted by atomic mass is 10.2. The topological polar surface area (TPSA) is 55.9 Å². The molecule has 0 unspecified atom stereocenters. The Bertz CT molecular complexity index is 475. The van der Waals surface area contributed by atoms with Gasteiger partial charge < -0.3 is 14.9 Å². The molecule has 0 aliphatic heterocycles. The molecule has 1 heterocycles. The number of hydrogen-bond donors (Lipinski definition) is 1. The van der Waals surface area contributed by atoms with E-state index in [2.05, 4.69) is 4.98 Å². The molecular formula is C9H5FNO2-. The Balaban J connectivity index is 2.75. The molecule has 2 rings (SSSR count). The largest absolute Gasteiger partial charge is 0.543 e. The number of carboxylic acid groups (broad SMARTS) is 1. The molecule has 13 heavy (non-hydrogen) atoms. The second-order valence-electron chi connectivity index (χ2n) is 2.67. The number of rotatable bonds is 1. The van der Waals surface area contributed by atoms with Crippen LogP contribution in [0.2, 0.25) is 0 Å². The summed E-state index contributed by atoms with van der Waals surface area (Å²) in [6.45, 7) is 0. The zero-order valence-electron chi connectivity index (χ0n) is 6.50. The summed E-state index contributed by atoms with van der Waals surface area (Å²) in [6.07, 6.45) is 0. The van der Waals surface area contributed by atoms with Crippen molar-refractivity contribution in [2.45, 2.75) is 0 Å². The van der Waals surface area contributed by atoms with Gasteiger partial charge in [0.25, 0.3) is 0 Å². The van der Waals surface area contributed by atoms with Crippen LogP contribution in [0.25, 0.3) is 10.9 Å². The third-order valence-electron chi connectivity index (χ3n) is 1.83. The van der Waals surface area contributed by atoms with Crippen LogP contribution in [-0.4, -0.2) is 11.0 Å². The molecule has 4 heteroatoms. The van der Waals surface area contributed by atoms with Crippen LogP contribution in [0.15, 0.2) is 24.3 Å². The zero-order valence-corrected chi connectivity index (χ0v) is 6.50. The Morgan fingerprint density at radius 1 is 1.46 bits per heavy atom. The summed E-state index contributed by atoms with van der Waals surface area (Å²) >= 11 is 0. The Morgan fingerprint density at radius 2 is 2.23 bits per heavy atom. The van der Waals surface area contributed by atoms with Gasteiger partial charge in [0.1, 0.15) is 5.82 Å². The van der Waals surface area contributed by atoms with E-state index in [-0.39, 0.29) is 11.1 Å². The Kier molecular flexibility index (Phi) is 1.55. The third-order valence-corrected chi connectivity index (χ3v) is 1.83. The maximum absolute atomic E-state index is 13.0. The van der Waals surface area contributed by atoms with Gasteiger partial charge in [-0.05, 0) is 18.2 Å². The first-order valence-corrected chi connectivity index (χ1v) is 3.67. The van der Waals surface area contributed by atoms with Crippen molar-refractivity contribution in [1.29, 1.82) is 0 Å². The summed E-state index contributed by atoms with van der Waals surface area (Å²) in [6, 6.07) is 5.60. The molecule has 3 nitrogen and oxygen atoms in total. The van der Waals surface area contributed by atoms with Crippen molar-refractivity contribution < 1.29 is 14.3 Å². The molecule has 0 bridgehead atoms. The summed E-state index contributed by atoms with van der Waals surface area (Å²) in [7, 11) is 0. The van der Waals surface area contributed by atoms with Gasteiger partial charge in [0, 0.05) is 10.9 Å². The van der Waals surface area contributed by atoms with Crippen molar-refractivity contribution in [1.82, 2.24) is 4.98 Å². The molecule has 0 saturated carbocycles. The van der Waals surface area contributed by atoms with Gasteiger partial charge in [-0.1, -0.05) is 6.07 Å². The highest BCUT2D eigenvalue weighted by atomic mass is 19.1. The van der Waals surface area contributed by atoms with E-state index < -0.39 is 11.8 Å². The first-order chi connectivity index (χ1) is 6.18. The maximum Gasteiger partial charge on any atom is 0.132 e. The summed E-state index contributed by atoms with van der Waals surface area (Å²) in [4.78, 5) is 13.0. The van der Waals surface area contributed by atoms with Crippen LogP contribution in [0.3, 0.4) is 0 Å². The molecule has 66 valence electrons. The maximum atomic E-state index is 13.0. The number of nitrogens with one attached hydrogen (secondary N) is 1. The van der Waals surface area contributed by atoms with Gasteiger partial charge in [-0.15, -0.1) is 0 Å². The van der Waals surface area contributed by atoms with Crippen molar-refractivity contribution in [2.75, 3.05) is 0 Å². The standard InChI is InChI=1S/C9H6FNO2/c10-6-2-1-3-7-5(6)4-8(11-7)9(12)13/h1-4,11H,(H,12,13)/p-1. The molecule has 0 aliphatic carbocycles. The minimum atomic E-state index is -1.34. The number of aromatic amines is 1. The molecule has 1 aromatic carbocycles. The van der Waals surface area contributed by atoms with Crippen LogP contribution in [0.4, 0.5) is 4.39 Å². The quantitative estimate of drug-likeness (QED) is 0.697. The molecule has 0 saturated heterocycles.